The summed E-state index contributed by atoms with van der Waals surface area (Å²) < 4.78 is 10.6. The Hall–Kier alpha value is -1.06. The third-order valence-electron chi connectivity index (χ3n) is 2.85. The van der Waals surface area contributed by atoms with Crippen molar-refractivity contribution in [2.75, 3.05) is 19.8 Å². The van der Waals surface area contributed by atoms with Crippen LogP contribution in [0.15, 0.2) is 24.3 Å². The first-order chi connectivity index (χ1) is 7.79. The van der Waals surface area contributed by atoms with Crippen LogP contribution >= 0.6 is 0 Å². The smallest absolute Gasteiger partial charge is 0.119 e. The molecule has 1 saturated heterocycles. The molecule has 1 aliphatic rings. The van der Waals surface area contributed by atoms with E-state index in [1.807, 2.05) is 12.1 Å². The molecule has 0 bridgehead atoms. The molecule has 3 nitrogen and oxygen atoms in total. The molecule has 1 aromatic carbocycles. The maximum Gasteiger partial charge on any atom is 0.119 e. The summed E-state index contributed by atoms with van der Waals surface area (Å²) in [5.74, 6) is 1.28. The summed E-state index contributed by atoms with van der Waals surface area (Å²) >= 11 is 0. The van der Waals surface area contributed by atoms with Crippen molar-refractivity contribution in [3.8, 4) is 5.75 Å². The van der Waals surface area contributed by atoms with Crippen molar-refractivity contribution < 1.29 is 14.6 Å². The van der Waals surface area contributed by atoms with Gasteiger partial charge in [-0.05, 0) is 30.0 Å². The van der Waals surface area contributed by atoms with Gasteiger partial charge in [-0.15, -0.1) is 0 Å². The lowest BCUT2D eigenvalue weighted by Crippen LogP contribution is -2.04. The Morgan fingerprint density at radius 2 is 2.12 bits per heavy atom. The van der Waals surface area contributed by atoms with Gasteiger partial charge in [0.2, 0.25) is 0 Å². The van der Waals surface area contributed by atoms with Gasteiger partial charge in [-0.1, -0.05) is 19.1 Å². The topological polar surface area (TPSA) is 42.0 Å². The zero-order chi connectivity index (χ0) is 11.4. The first-order valence-corrected chi connectivity index (χ1v) is 5.75. The van der Waals surface area contributed by atoms with Gasteiger partial charge in [0.1, 0.15) is 18.5 Å². The lowest BCUT2D eigenvalue weighted by Gasteiger charge is -2.11. The molecule has 0 aliphatic carbocycles. The molecule has 0 radical (unpaired) electrons. The summed E-state index contributed by atoms with van der Waals surface area (Å²) in [5, 5.41) is 8.87. The average molecular weight is 222 g/mol. The number of benzene rings is 1. The molecular formula is C13H18O3. The lowest BCUT2D eigenvalue weighted by atomic mass is 9.98. The van der Waals surface area contributed by atoms with Crippen LogP contribution in [0.2, 0.25) is 0 Å². The molecule has 0 aromatic heterocycles. The minimum Gasteiger partial charge on any atom is -0.491 e. The summed E-state index contributed by atoms with van der Waals surface area (Å²) in [5.41, 5.74) is 1.24. The van der Waals surface area contributed by atoms with E-state index in [-0.39, 0.29) is 6.61 Å². The maximum absolute atomic E-state index is 8.87. The number of hydrogen-bond donors (Lipinski definition) is 1. The third-order valence-corrected chi connectivity index (χ3v) is 2.85. The van der Waals surface area contributed by atoms with Crippen LogP contribution in [0, 0.1) is 0 Å². The molecule has 16 heavy (non-hydrogen) atoms. The van der Waals surface area contributed by atoms with E-state index in [1.165, 1.54) is 5.56 Å². The van der Waals surface area contributed by atoms with Gasteiger partial charge in [-0.2, -0.15) is 0 Å². The van der Waals surface area contributed by atoms with Crippen LogP contribution in [0.1, 0.15) is 24.8 Å². The second-order valence-electron chi connectivity index (χ2n) is 4.25. The number of aliphatic hydroxyl groups excluding tert-OH is 1. The molecule has 2 atom stereocenters. The van der Waals surface area contributed by atoms with Gasteiger partial charge in [0.25, 0.3) is 0 Å². The minimum atomic E-state index is 0.235. The number of rotatable bonds is 6. The van der Waals surface area contributed by atoms with Crippen LogP contribution in [0.3, 0.4) is 0 Å². The number of ether oxygens (including phenoxy) is 2. The maximum atomic E-state index is 8.87. The molecule has 88 valence electrons. The largest absolute Gasteiger partial charge is 0.491 e. The highest BCUT2D eigenvalue weighted by Gasteiger charge is 2.22. The summed E-state index contributed by atoms with van der Waals surface area (Å²) in [6, 6.07) is 8.07. The Labute approximate surface area is 96.0 Å². The zero-order valence-corrected chi connectivity index (χ0v) is 9.56. The number of aliphatic hydroxyl groups is 1. The van der Waals surface area contributed by atoms with Gasteiger partial charge in [0, 0.05) is 6.61 Å². The standard InChI is InChI=1S/C13H18O3/c1-10(6-7-14)11-2-4-12(5-3-11)15-8-13-9-16-13/h2-5,10,13-14H,6-9H2,1H3. The normalized spacial score (nSPS) is 20.5. The lowest BCUT2D eigenvalue weighted by molar-refractivity contribution is 0.263. The predicted octanol–water partition coefficient (Wildman–Crippen LogP) is 1.95. The molecular weight excluding hydrogens is 204 g/mol. The number of hydrogen-bond acceptors (Lipinski definition) is 3. The molecule has 2 unspecified atom stereocenters. The van der Waals surface area contributed by atoms with E-state index >= 15 is 0 Å². The molecule has 1 aliphatic heterocycles. The minimum absolute atomic E-state index is 0.235. The Bertz CT molecular complexity index is 316. The van der Waals surface area contributed by atoms with E-state index in [0.717, 1.165) is 18.8 Å². The highest BCUT2D eigenvalue weighted by molar-refractivity contribution is 5.29. The van der Waals surface area contributed by atoms with Gasteiger partial charge in [0.15, 0.2) is 0 Å². The fourth-order valence-corrected chi connectivity index (χ4v) is 1.61. The van der Waals surface area contributed by atoms with Crippen LogP contribution in [0.4, 0.5) is 0 Å². The Morgan fingerprint density at radius 1 is 1.44 bits per heavy atom. The molecule has 3 heteroatoms. The number of epoxide rings is 1. The molecule has 0 spiro atoms. The molecule has 0 saturated carbocycles. The van der Waals surface area contributed by atoms with Crippen molar-refractivity contribution in [2.24, 2.45) is 0 Å². The van der Waals surface area contributed by atoms with Crippen LogP contribution in [-0.4, -0.2) is 31.0 Å². The van der Waals surface area contributed by atoms with Gasteiger partial charge >= 0.3 is 0 Å². The van der Waals surface area contributed by atoms with Crippen LogP contribution in [-0.2, 0) is 4.74 Å². The first-order valence-electron chi connectivity index (χ1n) is 5.75. The van der Waals surface area contributed by atoms with Gasteiger partial charge in [-0.3, -0.25) is 0 Å². The highest BCUT2D eigenvalue weighted by Crippen LogP contribution is 2.22. The van der Waals surface area contributed by atoms with E-state index in [9.17, 15) is 0 Å². The van der Waals surface area contributed by atoms with E-state index in [2.05, 4.69) is 19.1 Å². The van der Waals surface area contributed by atoms with Crippen molar-refractivity contribution in [3.63, 3.8) is 0 Å². The van der Waals surface area contributed by atoms with E-state index in [1.54, 1.807) is 0 Å². The quantitative estimate of drug-likeness (QED) is 0.748. The van der Waals surface area contributed by atoms with Gasteiger partial charge < -0.3 is 14.6 Å². The summed E-state index contributed by atoms with van der Waals surface area (Å²) in [6.07, 6.45) is 1.10. The first kappa shape index (κ1) is 11.4. The second kappa shape index (κ2) is 5.32. The van der Waals surface area contributed by atoms with Crippen molar-refractivity contribution in [2.45, 2.75) is 25.4 Å². The van der Waals surface area contributed by atoms with Crippen molar-refractivity contribution in [3.05, 3.63) is 29.8 Å². The van der Waals surface area contributed by atoms with E-state index < -0.39 is 0 Å². The predicted molar refractivity (Wildman–Crippen MR) is 61.8 cm³/mol. The Morgan fingerprint density at radius 3 is 2.69 bits per heavy atom. The van der Waals surface area contributed by atoms with Crippen molar-refractivity contribution in [1.29, 1.82) is 0 Å². The monoisotopic (exact) mass is 222 g/mol. The Kier molecular flexibility index (Phi) is 3.80. The second-order valence-corrected chi connectivity index (χ2v) is 4.25. The van der Waals surface area contributed by atoms with Crippen LogP contribution in [0.25, 0.3) is 0 Å². The summed E-state index contributed by atoms with van der Waals surface area (Å²) in [7, 11) is 0. The summed E-state index contributed by atoms with van der Waals surface area (Å²) in [6.45, 7) is 3.82. The summed E-state index contributed by atoms with van der Waals surface area (Å²) in [4.78, 5) is 0. The average Bonchev–Trinajstić information content (AvgIpc) is 3.11. The molecule has 1 heterocycles. The fourth-order valence-electron chi connectivity index (χ4n) is 1.61. The Balaban J connectivity index is 1.87. The van der Waals surface area contributed by atoms with Crippen molar-refractivity contribution >= 4 is 0 Å². The zero-order valence-electron chi connectivity index (χ0n) is 9.56. The van der Waals surface area contributed by atoms with E-state index in [4.69, 9.17) is 14.6 Å². The van der Waals surface area contributed by atoms with Crippen molar-refractivity contribution in [1.82, 2.24) is 0 Å². The molecule has 1 aromatic rings. The highest BCUT2D eigenvalue weighted by atomic mass is 16.6. The third kappa shape index (κ3) is 3.22. The SMILES string of the molecule is CC(CCO)c1ccc(OCC2CO2)cc1. The van der Waals surface area contributed by atoms with Gasteiger partial charge in [0.05, 0.1) is 6.61 Å². The molecule has 2 rings (SSSR count). The van der Waals surface area contributed by atoms with Crippen LogP contribution < -0.4 is 4.74 Å². The van der Waals surface area contributed by atoms with E-state index in [0.29, 0.717) is 18.6 Å². The molecule has 1 fully saturated rings. The molecule has 1 N–H and O–H groups in total. The fraction of sp³-hybridized carbons (Fsp3) is 0.538. The van der Waals surface area contributed by atoms with Gasteiger partial charge in [-0.25, -0.2) is 0 Å². The van der Waals surface area contributed by atoms with Crippen LogP contribution in [0.5, 0.6) is 5.75 Å². The molecule has 0 amide bonds.